The van der Waals surface area contributed by atoms with Crippen LogP contribution < -0.4 is 16.0 Å². The second-order valence-corrected chi connectivity index (χ2v) is 12.1. The third-order valence-electron chi connectivity index (χ3n) is 9.79. The van der Waals surface area contributed by atoms with Crippen molar-refractivity contribution in [2.45, 2.75) is 82.5 Å². The first-order chi connectivity index (χ1) is 18.9. The first-order valence-electron chi connectivity index (χ1n) is 14.3. The second kappa shape index (κ2) is 9.24. The van der Waals surface area contributed by atoms with Crippen molar-refractivity contribution < 1.29 is 13.6 Å². The highest BCUT2D eigenvalue weighted by molar-refractivity contribution is 5.94. The molecule has 7 rings (SSSR count). The number of amides is 1. The molecule has 3 fully saturated rings. The number of aryl methyl sites for hydroxylation is 1. The molecule has 6 nitrogen and oxygen atoms in total. The van der Waals surface area contributed by atoms with Gasteiger partial charge in [0.05, 0.1) is 17.9 Å². The van der Waals surface area contributed by atoms with Crippen LogP contribution in [0.25, 0.3) is 5.69 Å². The predicted molar refractivity (Wildman–Crippen MR) is 146 cm³/mol. The standard InChI is InChI=1S/C31H35F2N5O/c1-2-5-26(36-23-9-8-19-10-22(32)11-25(33)24(19)12-23)29(39)37-28-16-38(18-34-28)27-7-4-3-6-20(27)15-35-31-14-21-13-30(21,31)17-31/h3-4,6-7,10-11,16,18,21,23,26,35-36H,2,5,8-9,12-15,17H2,1H3,(H,37,39)/t21-,23-,26+,30?,31-/m0/s1. The molecule has 0 bridgehead atoms. The normalized spacial score (nSPS) is 28.5. The minimum Gasteiger partial charge on any atom is -0.308 e. The van der Waals surface area contributed by atoms with E-state index >= 15 is 0 Å². The summed E-state index contributed by atoms with van der Waals surface area (Å²) < 4.78 is 30.0. The van der Waals surface area contributed by atoms with Crippen molar-refractivity contribution in [1.82, 2.24) is 20.2 Å². The lowest BCUT2D eigenvalue weighted by atomic mass is 9.87. The van der Waals surface area contributed by atoms with Crippen LogP contribution in [0.3, 0.4) is 0 Å². The molecule has 2 aromatic carbocycles. The lowest BCUT2D eigenvalue weighted by molar-refractivity contribution is -0.118. The molecule has 1 heterocycles. The van der Waals surface area contributed by atoms with Crippen molar-refractivity contribution in [2.75, 3.05) is 5.32 Å². The van der Waals surface area contributed by atoms with E-state index in [2.05, 4.69) is 39.1 Å². The summed E-state index contributed by atoms with van der Waals surface area (Å²) in [6.45, 7) is 2.86. The van der Waals surface area contributed by atoms with Crippen LogP contribution >= 0.6 is 0 Å². The molecule has 3 N–H and O–H groups in total. The minimum absolute atomic E-state index is 0.0524. The number of carbonyl (C=O) groups is 1. The molecule has 1 aromatic heterocycles. The second-order valence-electron chi connectivity index (χ2n) is 12.1. The first-order valence-corrected chi connectivity index (χ1v) is 14.3. The number of nitrogens with zero attached hydrogens (tertiary/aromatic N) is 2. The third kappa shape index (κ3) is 4.28. The molecule has 1 amide bonds. The summed E-state index contributed by atoms with van der Waals surface area (Å²) in [5.41, 5.74) is 4.58. The topological polar surface area (TPSA) is 71.0 Å². The Morgan fingerprint density at radius 3 is 2.87 bits per heavy atom. The number of hydrogen-bond acceptors (Lipinski definition) is 4. The van der Waals surface area contributed by atoms with Gasteiger partial charge in [-0.3, -0.25) is 4.79 Å². The van der Waals surface area contributed by atoms with Gasteiger partial charge in [-0.05, 0) is 85.1 Å². The quantitative estimate of drug-likeness (QED) is 0.343. The number of para-hydroxylation sites is 1. The van der Waals surface area contributed by atoms with Gasteiger partial charge in [-0.15, -0.1) is 0 Å². The molecule has 0 radical (unpaired) electrons. The predicted octanol–water partition coefficient (Wildman–Crippen LogP) is 5.05. The Labute approximate surface area is 227 Å². The summed E-state index contributed by atoms with van der Waals surface area (Å²) in [5.74, 6) is 0.288. The highest BCUT2D eigenvalue weighted by Gasteiger charge is 2.88. The van der Waals surface area contributed by atoms with Crippen molar-refractivity contribution in [1.29, 1.82) is 0 Å². The van der Waals surface area contributed by atoms with Gasteiger partial charge in [0.25, 0.3) is 0 Å². The molecule has 0 aliphatic heterocycles. The van der Waals surface area contributed by atoms with E-state index in [4.69, 9.17) is 0 Å². The molecule has 1 spiro atoms. The van der Waals surface area contributed by atoms with Crippen LogP contribution in [0.1, 0.15) is 62.1 Å². The smallest absolute Gasteiger partial charge is 0.242 e. The molecule has 3 aromatic rings. The summed E-state index contributed by atoms with van der Waals surface area (Å²) in [7, 11) is 0. The van der Waals surface area contributed by atoms with E-state index in [-0.39, 0.29) is 11.9 Å². The molecule has 4 aliphatic rings. The van der Waals surface area contributed by atoms with Crippen LogP contribution in [0.2, 0.25) is 0 Å². The summed E-state index contributed by atoms with van der Waals surface area (Å²) in [4.78, 5) is 17.8. The average molecular weight is 532 g/mol. The van der Waals surface area contributed by atoms with Crippen LogP contribution in [0.15, 0.2) is 48.9 Å². The van der Waals surface area contributed by atoms with Crippen molar-refractivity contribution in [3.8, 4) is 5.69 Å². The van der Waals surface area contributed by atoms with E-state index in [1.807, 2.05) is 23.8 Å². The Hall–Kier alpha value is -3.10. The Bertz CT molecular complexity index is 1430. The molecule has 0 saturated heterocycles. The van der Waals surface area contributed by atoms with Crippen LogP contribution in [0.5, 0.6) is 0 Å². The molecular formula is C31H35F2N5O. The zero-order valence-corrected chi connectivity index (χ0v) is 22.3. The molecule has 5 atom stereocenters. The van der Waals surface area contributed by atoms with Crippen LogP contribution in [-0.2, 0) is 24.2 Å². The number of rotatable bonds is 10. The molecule has 8 heteroatoms. The van der Waals surface area contributed by atoms with Gasteiger partial charge in [0.1, 0.15) is 18.0 Å². The van der Waals surface area contributed by atoms with E-state index in [1.165, 1.54) is 30.9 Å². The molecule has 3 saturated carbocycles. The number of hydrogen-bond donors (Lipinski definition) is 3. The van der Waals surface area contributed by atoms with Gasteiger partial charge < -0.3 is 20.5 Å². The van der Waals surface area contributed by atoms with Gasteiger partial charge in [0.2, 0.25) is 5.91 Å². The number of halogens is 2. The SMILES string of the molecule is CCC[C@@H](N[C@H]1CCc2cc(F)cc(F)c2C1)C(=O)Nc1cn(-c2ccccc2CN[C@]23C[C@@H]4CC42C3)cn1. The summed E-state index contributed by atoms with van der Waals surface area (Å²) in [6.07, 6.45) is 10.9. The number of fused-ring (bicyclic) bond motifs is 1. The molecule has 204 valence electrons. The molecular weight excluding hydrogens is 496 g/mol. The largest absolute Gasteiger partial charge is 0.308 e. The van der Waals surface area contributed by atoms with E-state index in [9.17, 15) is 13.6 Å². The number of anilines is 1. The fourth-order valence-electron chi connectivity index (χ4n) is 7.52. The average Bonchev–Trinajstić information content (AvgIpc) is 3.54. The van der Waals surface area contributed by atoms with Gasteiger partial charge >= 0.3 is 0 Å². The van der Waals surface area contributed by atoms with Gasteiger partial charge in [0.15, 0.2) is 5.82 Å². The molecule has 1 unspecified atom stereocenters. The molecule has 4 aliphatic carbocycles. The monoisotopic (exact) mass is 531 g/mol. The number of carbonyl (C=O) groups excluding carboxylic acids is 1. The number of aromatic nitrogens is 2. The van der Waals surface area contributed by atoms with Gasteiger partial charge in [0, 0.05) is 24.2 Å². The van der Waals surface area contributed by atoms with Crippen molar-refractivity contribution in [3.63, 3.8) is 0 Å². The van der Waals surface area contributed by atoms with Gasteiger partial charge in [-0.1, -0.05) is 31.5 Å². The van der Waals surface area contributed by atoms with Crippen LogP contribution in [0.4, 0.5) is 14.6 Å². The van der Waals surface area contributed by atoms with Gasteiger partial charge in [-0.25, -0.2) is 13.8 Å². The van der Waals surface area contributed by atoms with E-state index in [0.29, 0.717) is 41.6 Å². The van der Waals surface area contributed by atoms with E-state index in [1.54, 1.807) is 6.33 Å². The van der Waals surface area contributed by atoms with Crippen molar-refractivity contribution in [2.24, 2.45) is 11.3 Å². The Kier molecular flexibility index (Phi) is 5.90. The number of nitrogens with one attached hydrogen (secondary N) is 3. The number of benzene rings is 2. The lowest BCUT2D eigenvalue weighted by Gasteiger charge is -2.29. The fraction of sp³-hybridized carbons (Fsp3) is 0.484. The first kappa shape index (κ1) is 24.9. The highest BCUT2D eigenvalue weighted by atomic mass is 19.1. The minimum atomic E-state index is -0.537. The highest BCUT2D eigenvalue weighted by Crippen LogP contribution is 2.89. The zero-order valence-electron chi connectivity index (χ0n) is 22.3. The lowest BCUT2D eigenvalue weighted by Crippen LogP contribution is -2.48. The third-order valence-corrected chi connectivity index (χ3v) is 9.79. The summed E-state index contributed by atoms with van der Waals surface area (Å²) in [6, 6.07) is 10.2. The summed E-state index contributed by atoms with van der Waals surface area (Å²) >= 11 is 0. The van der Waals surface area contributed by atoms with Crippen molar-refractivity contribution >= 4 is 11.7 Å². The Morgan fingerprint density at radius 1 is 1.23 bits per heavy atom. The fourth-order valence-corrected chi connectivity index (χ4v) is 7.52. The van der Waals surface area contributed by atoms with Gasteiger partial charge in [-0.2, -0.15) is 0 Å². The van der Waals surface area contributed by atoms with Crippen LogP contribution in [-0.4, -0.2) is 33.1 Å². The molecule has 39 heavy (non-hydrogen) atoms. The Morgan fingerprint density at radius 2 is 2.10 bits per heavy atom. The van der Waals surface area contributed by atoms with E-state index in [0.717, 1.165) is 42.6 Å². The Balaban J connectivity index is 1.00. The maximum Gasteiger partial charge on any atom is 0.242 e. The maximum absolute atomic E-state index is 14.4. The van der Waals surface area contributed by atoms with E-state index < -0.39 is 17.7 Å². The summed E-state index contributed by atoms with van der Waals surface area (Å²) in [5, 5.41) is 10.3. The van der Waals surface area contributed by atoms with Crippen LogP contribution in [0, 0.1) is 23.0 Å². The van der Waals surface area contributed by atoms with Crippen molar-refractivity contribution in [3.05, 3.63) is 77.2 Å². The maximum atomic E-state index is 14.4. The zero-order chi connectivity index (χ0) is 26.8. The number of imidazole rings is 1.